The Kier molecular flexibility index (Phi) is 6.76. The Labute approximate surface area is 186 Å². The average molecular weight is 446 g/mol. The number of amides is 2. The molecule has 0 atom stereocenters. The van der Waals surface area contributed by atoms with Crippen molar-refractivity contribution in [2.24, 2.45) is 5.92 Å². The van der Waals surface area contributed by atoms with E-state index < -0.39 is 0 Å². The zero-order valence-electron chi connectivity index (χ0n) is 17.3. The van der Waals surface area contributed by atoms with Gasteiger partial charge in [-0.3, -0.25) is 14.5 Å². The van der Waals surface area contributed by atoms with E-state index in [0.29, 0.717) is 27.8 Å². The van der Waals surface area contributed by atoms with Crippen LogP contribution in [0, 0.1) is 5.92 Å². The molecule has 2 N–H and O–H groups in total. The number of rotatable bonds is 5. The highest BCUT2D eigenvalue weighted by molar-refractivity contribution is 7.17. The quantitative estimate of drug-likeness (QED) is 0.664. The van der Waals surface area contributed by atoms with Gasteiger partial charge in [0.05, 0.1) is 12.1 Å². The molecule has 2 aliphatic rings. The predicted molar refractivity (Wildman–Crippen MR) is 124 cm³/mol. The first-order valence-corrected chi connectivity index (χ1v) is 11.9. The van der Waals surface area contributed by atoms with Crippen LogP contribution >= 0.6 is 22.9 Å². The summed E-state index contributed by atoms with van der Waals surface area (Å²) < 4.78 is 0. The number of carbonyl (C=O) groups excluding carboxylic acids is 2. The normalized spacial score (nSPS) is 17.4. The smallest absolute Gasteiger partial charge is 0.258 e. The van der Waals surface area contributed by atoms with Crippen LogP contribution in [0.15, 0.2) is 24.3 Å². The first-order valence-electron chi connectivity index (χ1n) is 10.7. The van der Waals surface area contributed by atoms with Crippen molar-refractivity contribution < 1.29 is 9.59 Å². The fourth-order valence-corrected chi connectivity index (χ4v) is 5.64. The average Bonchev–Trinajstić information content (AvgIpc) is 3.09. The van der Waals surface area contributed by atoms with E-state index in [9.17, 15) is 9.59 Å². The van der Waals surface area contributed by atoms with E-state index in [-0.39, 0.29) is 11.8 Å². The van der Waals surface area contributed by atoms with E-state index >= 15 is 0 Å². The Hall–Kier alpha value is -1.89. The molecule has 0 saturated carbocycles. The molecular formula is C23H28ClN3O2S. The molecule has 1 aliphatic heterocycles. The summed E-state index contributed by atoms with van der Waals surface area (Å²) in [7, 11) is 0. The molecule has 0 unspecified atom stereocenters. The Morgan fingerprint density at radius 1 is 1.10 bits per heavy atom. The standard InChI is InChI=1S/C23H28ClN3O2S/c1-15-10-12-27(13-11-15)14-20(28)26-23-21(18-4-2-3-5-19(18)30-23)22(29)25-17-8-6-16(24)7-9-17/h6-9,15H,2-5,10-14H2,1H3,(H,25,29)(H,26,28). The minimum Gasteiger partial charge on any atom is -0.322 e. The number of likely N-dealkylation sites (tertiary alicyclic amines) is 1. The molecule has 7 heteroatoms. The maximum Gasteiger partial charge on any atom is 0.258 e. The van der Waals surface area contributed by atoms with Crippen molar-refractivity contribution in [1.82, 2.24) is 4.90 Å². The van der Waals surface area contributed by atoms with Gasteiger partial charge in [0, 0.05) is 15.6 Å². The third-order valence-electron chi connectivity index (χ3n) is 6.00. The highest BCUT2D eigenvalue weighted by atomic mass is 35.5. The van der Waals surface area contributed by atoms with Crippen molar-refractivity contribution in [3.05, 3.63) is 45.3 Å². The molecule has 160 valence electrons. The van der Waals surface area contributed by atoms with Crippen LogP contribution in [-0.2, 0) is 17.6 Å². The van der Waals surface area contributed by atoms with Crippen LogP contribution in [0.4, 0.5) is 10.7 Å². The van der Waals surface area contributed by atoms with E-state index in [0.717, 1.165) is 63.1 Å². The summed E-state index contributed by atoms with van der Waals surface area (Å²) in [6, 6.07) is 7.08. The highest BCUT2D eigenvalue weighted by Gasteiger charge is 2.27. The summed E-state index contributed by atoms with van der Waals surface area (Å²) in [5, 5.41) is 7.34. The van der Waals surface area contributed by atoms with Crippen molar-refractivity contribution in [3.8, 4) is 0 Å². The lowest BCUT2D eigenvalue weighted by Gasteiger charge is -2.29. The summed E-state index contributed by atoms with van der Waals surface area (Å²) in [6.45, 7) is 4.56. The van der Waals surface area contributed by atoms with Crippen molar-refractivity contribution in [3.63, 3.8) is 0 Å². The number of carbonyl (C=O) groups is 2. The number of halogens is 1. The Balaban J connectivity index is 1.51. The second-order valence-corrected chi connectivity index (χ2v) is 9.92. The molecule has 4 rings (SSSR count). The Morgan fingerprint density at radius 2 is 1.80 bits per heavy atom. The molecule has 30 heavy (non-hydrogen) atoms. The summed E-state index contributed by atoms with van der Waals surface area (Å²) in [5.74, 6) is 0.527. The molecule has 1 fully saturated rings. The van der Waals surface area contributed by atoms with Crippen LogP contribution in [0.1, 0.15) is 53.4 Å². The van der Waals surface area contributed by atoms with E-state index in [1.165, 1.54) is 4.88 Å². The van der Waals surface area contributed by atoms with Crippen molar-refractivity contribution >= 4 is 45.4 Å². The number of fused-ring (bicyclic) bond motifs is 1. The summed E-state index contributed by atoms with van der Waals surface area (Å²) in [5.41, 5.74) is 2.42. The highest BCUT2D eigenvalue weighted by Crippen LogP contribution is 2.38. The Morgan fingerprint density at radius 3 is 2.53 bits per heavy atom. The molecule has 2 amide bonds. The fraction of sp³-hybridized carbons (Fsp3) is 0.478. The van der Waals surface area contributed by atoms with Gasteiger partial charge in [-0.2, -0.15) is 0 Å². The first kappa shape index (κ1) is 21.3. The molecule has 1 saturated heterocycles. The van der Waals surface area contributed by atoms with Crippen LogP contribution in [0.2, 0.25) is 5.02 Å². The van der Waals surface area contributed by atoms with Gasteiger partial charge >= 0.3 is 0 Å². The Bertz CT molecular complexity index is 917. The van der Waals surface area contributed by atoms with Gasteiger partial charge in [-0.25, -0.2) is 0 Å². The number of thiophene rings is 1. The molecule has 2 aromatic rings. The van der Waals surface area contributed by atoms with Crippen molar-refractivity contribution in [2.75, 3.05) is 30.3 Å². The number of benzene rings is 1. The number of aryl methyl sites for hydroxylation is 1. The maximum atomic E-state index is 13.2. The van der Waals surface area contributed by atoms with Crippen LogP contribution in [0.5, 0.6) is 0 Å². The van der Waals surface area contributed by atoms with E-state index in [1.807, 2.05) is 0 Å². The molecule has 0 bridgehead atoms. The summed E-state index contributed by atoms with van der Waals surface area (Å²) in [4.78, 5) is 29.3. The molecule has 1 aromatic heterocycles. The topological polar surface area (TPSA) is 61.4 Å². The number of hydrogen-bond acceptors (Lipinski definition) is 4. The SMILES string of the molecule is CC1CCN(CC(=O)Nc2sc3c(c2C(=O)Nc2ccc(Cl)cc2)CCCC3)CC1. The molecule has 1 aliphatic carbocycles. The fourth-order valence-electron chi connectivity index (χ4n) is 4.21. The third-order valence-corrected chi connectivity index (χ3v) is 7.46. The lowest BCUT2D eigenvalue weighted by molar-refractivity contribution is -0.117. The lowest BCUT2D eigenvalue weighted by atomic mass is 9.95. The molecule has 5 nitrogen and oxygen atoms in total. The summed E-state index contributed by atoms with van der Waals surface area (Å²) in [6.07, 6.45) is 6.33. The molecular weight excluding hydrogens is 418 g/mol. The second-order valence-electron chi connectivity index (χ2n) is 8.38. The summed E-state index contributed by atoms with van der Waals surface area (Å²) >= 11 is 7.51. The van der Waals surface area contributed by atoms with Gasteiger partial charge in [-0.1, -0.05) is 18.5 Å². The van der Waals surface area contributed by atoms with Crippen molar-refractivity contribution in [1.29, 1.82) is 0 Å². The van der Waals surface area contributed by atoms with Gasteiger partial charge < -0.3 is 10.6 Å². The number of piperidine rings is 1. The number of nitrogens with zero attached hydrogens (tertiary/aromatic N) is 1. The largest absolute Gasteiger partial charge is 0.322 e. The molecule has 0 radical (unpaired) electrons. The zero-order valence-corrected chi connectivity index (χ0v) is 18.9. The van der Waals surface area contributed by atoms with Gasteiger partial charge in [-0.05, 0) is 87.4 Å². The van der Waals surface area contributed by atoms with Crippen LogP contribution in [-0.4, -0.2) is 36.3 Å². The number of hydrogen-bond donors (Lipinski definition) is 2. The third kappa shape index (κ3) is 5.05. The monoisotopic (exact) mass is 445 g/mol. The van der Waals surface area contributed by atoms with Gasteiger partial charge in [0.1, 0.15) is 5.00 Å². The second kappa shape index (κ2) is 9.50. The lowest BCUT2D eigenvalue weighted by Crippen LogP contribution is -2.38. The van der Waals surface area contributed by atoms with Crippen LogP contribution in [0.25, 0.3) is 0 Å². The predicted octanol–water partition coefficient (Wildman–Crippen LogP) is 5.20. The van der Waals surface area contributed by atoms with Gasteiger partial charge in [0.25, 0.3) is 5.91 Å². The zero-order chi connectivity index (χ0) is 21.1. The van der Waals surface area contributed by atoms with E-state index in [1.54, 1.807) is 35.6 Å². The molecule has 1 aromatic carbocycles. The molecule has 2 heterocycles. The first-order chi connectivity index (χ1) is 14.5. The van der Waals surface area contributed by atoms with Gasteiger partial charge in [0.15, 0.2) is 0 Å². The maximum absolute atomic E-state index is 13.2. The number of anilines is 2. The van der Waals surface area contributed by atoms with Gasteiger partial charge in [0.2, 0.25) is 5.91 Å². The van der Waals surface area contributed by atoms with Crippen molar-refractivity contribution in [2.45, 2.75) is 45.4 Å². The van der Waals surface area contributed by atoms with Gasteiger partial charge in [-0.15, -0.1) is 11.3 Å². The van der Waals surface area contributed by atoms with E-state index in [4.69, 9.17) is 11.6 Å². The molecule has 0 spiro atoms. The van der Waals surface area contributed by atoms with Crippen LogP contribution < -0.4 is 10.6 Å². The minimum absolute atomic E-state index is 0.0382. The number of nitrogens with one attached hydrogen (secondary N) is 2. The van der Waals surface area contributed by atoms with Crippen LogP contribution in [0.3, 0.4) is 0 Å². The minimum atomic E-state index is -0.168. The van der Waals surface area contributed by atoms with E-state index in [2.05, 4.69) is 22.5 Å².